The van der Waals surface area contributed by atoms with Gasteiger partial charge in [-0.1, -0.05) is 29.8 Å². The van der Waals surface area contributed by atoms with Gasteiger partial charge in [-0.2, -0.15) is 13.2 Å². The summed E-state index contributed by atoms with van der Waals surface area (Å²) in [6, 6.07) is 9.91. The highest BCUT2D eigenvalue weighted by Crippen LogP contribution is 2.36. The second kappa shape index (κ2) is 16.1. The first-order valence-electron chi connectivity index (χ1n) is 18.2. The van der Waals surface area contributed by atoms with E-state index in [1.54, 1.807) is 9.80 Å². The molecule has 2 atom stereocenters. The van der Waals surface area contributed by atoms with Crippen molar-refractivity contribution >= 4 is 35.1 Å². The van der Waals surface area contributed by atoms with Crippen LogP contribution in [0.15, 0.2) is 42.5 Å². The van der Waals surface area contributed by atoms with Crippen molar-refractivity contribution in [2.75, 3.05) is 71.3 Å². The van der Waals surface area contributed by atoms with Gasteiger partial charge in [0.05, 0.1) is 11.5 Å². The molecule has 4 aliphatic heterocycles. The second-order valence-electron chi connectivity index (χ2n) is 14.5. The standard InChI is InChI=1S/C37H49ClF3N7O3/c1-44-14-8-29(9-15-44)45-12-4-13-47(20-19-45)35(50)31(34(42)26-21-27(37(39,40)41)23-28(38)22-26)24-33(49)46-16-10-30(11-17-46)48-18-7-25-5-2-3-6-32(25)43-36(48)51/h2-3,5-6,21-23,29-31,34H,4,7-20,24,42H2,1H3,(H,43,51)/t31?,34-/m1/s1. The van der Waals surface area contributed by atoms with Gasteiger partial charge in [-0.3, -0.25) is 14.5 Å². The lowest BCUT2D eigenvalue weighted by atomic mass is 9.88. The molecule has 0 bridgehead atoms. The van der Waals surface area contributed by atoms with E-state index in [1.807, 2.05) is 29.2 Å². The van der Waals surface area contributed by atoms with Crippen LogP contribution in [-0.2, 0) is 22.2 Å². The van der Waals surface area contributed by atoms with Crippen LogP contribution >= 0.6 is 11.6 Å². The maximum Gasteiger partial charge on any atom is 0.416 e. The maximum atomic E-state index is 14.3. The number of nitrogens with one attached hydrogen (secondary N) is 1. The lowest BCUT2D eigenvalue weighted by molar-refractivity contribution is -0.142. The van der Waals surface area contributed by atoms with E-state index < -0.39 is 23.7 Å². The van der Waals surface area contributed by atoms with Gasteiger partial charge in [0.25, 0.3) is 0 Å². The number of likely N-dealkylation sites (tertiary alicyclic amines) is 2. The molecule has 3 fully saturated rings. The lowest BCUT2D eigenvalue weighted by Gasteiger charge is -2.39. The highest BCUT2D eigenvalue weighted by Gasteiger charge is 2.39. The number of hydrogen-bond acceptors (Lipinski definition) is 6. The molecule has 10 nitrogen and oxygen atoms in total. The third kappa shape index (κ3) is 8.98. The van der Waals surface area contributed by atoms with Crippen molar-refractivity contribution in [1.82, 2.24) is 24.5 Å². The fraction of sp³-hybridized carbons (Fsp3) is 0.595. The van der Waals surface area contributed by atoms with Gasteiger partial charge in [0.1, 0.15) is 0 Å². The molecular weight excluding hydrogens is 683 g/mol. The number of piperidine rings is 2. The second-order valence-corrected chi connectivity index (χ2v) is 14.9. The molecular formula is C37H49ClF3N7O3. The summed E-state index contributed by atoms with van der Waals surface area (Å²) in [5, 5.41) is 2.87. The Kier molecular flexibility index (Phi) is 11.8. The number of halogens is 4. The molecule has 1 unspecified atom stereocenters. The molecule has 51 heavy (non-hydrogen) atoms. The Labute approximate surface area is 303 Å². The summed E-state index contributed by atoms with van der Waals surface area (Å²) in [6.07, 6.45) is -0.148. The van der Waals surface area contributed by atoms with Crippen molar-refractivity contribution in [3.63, 3.8) is 0 Å². The van der Waals surface area contributed by atoms with Crippen LogP contribution in [0.4, 0.5) is 23.7 Å². The summed E-state index contributed by atoms with van der Waals surface area (Å²) in [5.41, 5.74) is 7.68. The Morgan fingerprint density at radius 1 is 0.902 bits per heavy atom. The number of urea groups is 1. The highest BCUT2D eigenvalue weighted by molar-refractivity contribution is 6.30. The summed E-state index contributed by atoms with van der Waals surface area (Å²) in [7, 11) is 2.12. The van der Waals surface area contributed by atoms with Gasteiger partial charge in [-0.05, 0) is 94.1 Å². The Hall–Kier alpha value is -3.39. The maximum absolute atomic E-state index is 14.3. The molecule has 6 rings (SSSR count). The van der Waals surface area contributed by atoms with Crippen LogP contribution in [0.5, 0.6) is 0 Å². The third-order valence-corrected chi connectivity index (χ3v) is 11.4. The minimum Gasteiger partial charge on any atom is -0.343 e. The average Bonchev–Trinajstić information content (AvgIpc) is 3.46. The Morgan fingerprint density at radius 3 is 2.33 bits per heavy atom. The van der Waals surface area contributed by atoms with E-state index >= 15 is 0 Å². The van der Waals surface area contributed by atoms with E-state index in [2.05, 4.69) is 22.2 Å². The molecule has 3 N–H and O–H groups in total. The molecule has 0 radical (unpaired) electrons. The molecule has 2 aromatic rings. The summed E-state index contributed by atoms with van der Waals surface area (Å²) in [6.45, 7) is 5.88. The van der Waals surface area contributed by atoms with Crippen LogP contribution in [0.25, 0.3) is 0 Å². The van der Waals surface area contributed by atoms with Crippen molar-refractivity contribution < 1.29 is 27.6 Å². The van der Waals surface area contributed by atoms with Gasteiger partial charge in [-0.25, -0.2) is 4.79 Å². The smallest absolute Gasteiger partial charge is 0.343 e. The normalized spacial score (nSPS) is 21.8. The number of carbonyl (C=O) groups excluding carboxylic acids is 3. The van der Waals surface area contributed by atoms with Crippen LogP contribution < -0.4 is 11.1 Å². The average molecular weight is 732 g/mol. The number of nitrogens with zero attached hydrogens (tertiary/aromatic N) is 5. The molecule has 4 aliphatic rings. The number of anilines is 1. The Morgan fingerprint density at radius 2 is 1.61 bits per heavy atom. The van der Waals surface area contributed by atoms with Crippen LogP contribution in [0.3, 0.4) is 0 Å². The first-order valence-corrected chi connectivity index (χ1v) is 18.5. The first kappa shape index (κ1) is 37.4. The van der Waals surface area contributed by atoms with Crippen molar-refractivity contribution in [2.45, 2.75) is 69.2 Å². The number of fused-ring (bicyclic) bond motifs is 1. The molecule has 14 heteroatoms. The summed E-state index contributed by atoms with van der Waals surface area (Å²) >= 11 is 6.14. The summed E-state index contributed by atoms with van der Waals surface area (Å²) in [5.74, 6) is -1.69. The topological polar surface area (TPSA) is 105 Å². The molecule has 0 spiro atoms. The Bertz CT molecular complexity index is 1560. The van der Waals surface area contributed by atoms with Gasteiger partial charge in [0.15, 0.2) is 0 Å². The van der Waals surface area contributed by atoms with Crippen LogP contribution in [0.1, 0.15) is 61.3 Å². The van der Waals surface area contributed by atoms with E-state index in [4.69, 9.17) is 17.3 Å². The van der Waals surface area contributed by atoms with Gasteiger partial charge in [0.2, 0.25) is 11.8 Å². The molecule has 0 aliphatic carbocycles. The fourth-order valence-corrected chi connectivity index (χ4v) is 8.41. The number of nitrogens with two attached hydrogens (primary N) is 1. The molecule has 0 saturated carbocycles. The van der Waals surface area contributed by atoms with Gasteiger partial charge in [-0.15, -0.1) is 0 Å². The number of carbonyl (C=O) groups is 3. The predicted molar refractivity (Wildman–Crippen MR) is 190 cm³/mol. The van der Waals surface area contributed by atoms with E-state index in [9.17, 15) is 27.6 Å². The van der Waals surface area contributed by atoms with Crippen molar-refractivity contribution in [1.29, 1.82) is 0 Å². The van der Waals surface area contributed by atoms with Crippen LogP contribution in [-0.4, -0.2) is 120 Å². The quantitative estimate of drug-likeness (QED) is 0.412. The SMILES string of the molecule is CN1CCC(N2CCCN(C(=O)C(CC(=O)N3CCC(N4CCc5ccccc5NC4=O)CC3)[C@H](N)c3cc(Cl)cc(C(F)(F)F)c3)CC2)CC1. The zero-order valence-corrected chi connectivity index (χ0v) is 30.0. The predicted octanol–water partition coefficient (Wildman–Crippen LogP) is 5.07. The zero-order valence-electron chi connectivity index (χ0n) is 29.2. The number of amides is 4. The highest BCUT2D eigenvalue weighted by atomic mass is 35.5. The summed E-state index contributed by atoms with van der Waals surface area (Å²) in [4.78, 5) is 51.4. The first-order chi connectivity index (χ1) is 24.4. The van der Waals surface area contributed by atoms with Gasteiger partial charge < -0.3 is 30.7 Å². The van der Waals surface area contributed by atoms with E-state index in [0.29, 0.717) is 58.2 Å². The molecule has 278 valence electrons. The van der Waals surface area contributed by atoms with Crippen LogP contribution in [0, 0.1) is 5.92 Å². The third-order valence-electron chi connectivity index (χ3n) is 11.2. The number of rotatable bonds is 7. The molecule has 3 saturated heterocycles. The molecule has 2 aromatic carbocycles. The van der Waals surface area contributed by atoms with Crippen molar-refractivity contribution in [2.24, 2.45) is 11.7 Å². The zero-order chi connectivity index (χ0) is 36.3. The molecule has 0 aromatic heterocycles. The molecule has 4 amide bonds. The lowest BCUT2D eigenvalue weighted by Crippen LogP contribution is -2.51. The van der Waals surface area contributed by atoms with E-state index in [1.165, 1.54) is 6.07 Å². The number of alkyl halides is 3. The molecule has 4 heterocycles. The number of hydrogen-bond donors (Lipinski definition) is 2. The van der Waals surface area contributed by atoms with Crippen LogP contribution in [0.2, 0.25) is 5.02 Å². The summed E-state index contributed by atoms with van der Waals surface area (Å²) < 4.78 is 41.3. The van der Waals surface area contributed by atoms with Gasteiger partial charge in [0, 0.05) is 81.1 Å². The minimum absolute atomic E-state index is 0.0556. The number of para-hydroxylation sites is 1. The minimum atomic E-state index is -4.66. The monoisotopic (exact) mass is 731 g/mol. The van der Waals surface area contributed by atoms with Crippen molar-refractivity contribution in [3.8, 4) is 0 Å². The van der Waals surface area contributed by atoms with E-state index in [-0.39, 0.29) is 40.9 Å². The van der Waals surface area contributed by atoms with Gasteiger partial charge >= 0.3 is 12.2 Å². The fourth-order valence-electron chi connectivity index (χ4n) is 8.17. The number of benzene rings is 2. The largest absolute Gasteiger partial charge is 0.416 e. The van der Waals surface area contributed by atoms with Crippen molar-refractivity contribution in [3.05, 3.63) is 64.2 Å². The van der Waals surface area contributed by atoms with E-state index in [0.717, 1.165) is 68.7 Å². The Balaban J connectivity index is 1.15.